The number of pyridine rings is 1. The molecule has 0 radical (unpaired) electrons. The smallest absolute Gasteiger partial charge is 0.129 e. The van der Waals surface area contributed by atoms with E-state index in [0.29, 0.717) is 6.42 Å². The van der Waals surface area contributed by atoms with Gasteiger partial charge in [0.1, 0.15) is 5.78 Å². The molecule has 1 atom stereocenters. The highest BCUT2D eigenvalue weighted by Gasteiger charge is 2.10. The molecule has 1 aromatic rings. The molecular formula is C11H15BrN2O. The van der Waals surface area contributed by atoms with Crippen molar-refractivity contribution in [3.05, 3.63) is 28.5 Å². The van der Waals surface area contributed by atoms with Gasteiger partial charge in [0.25, 0.3) is 0 Å². The average molecular weight is 271 g/mol. The van der Waals surface area contributed by atoms with Crippen LogP contribution in [0.2, 0.25) is 0 Å². The summed E-state index contributed by atoms with van der Waals surface area (Å²) >= 11 is 3.41. The van der Waals surface area contributed by atoms with E-state index in [2.05, 4.69) is 20.9 Å². The highest BCUT2D eigenvalue weighted by molar-refractivity contribution is 9.10. The molecule has 1 rings (SSSR count). The van der Waals surface area contributed by atoms with Crippen LogP contribution in [0.15, 0.2) is 22.8 Å². The van der Waals surface area contributed by atoms with Crippen molar-refractivity contribution >= 4 is 21.7 Å². The molecule has 2 N–H and O–H groups in total. The van der Waals surface area contributed by atoms with Gasteiger partial charge in [-0.1, -0.05) is 0 Å². The number of hydrogen-bond acceptors (Lipinski definition) is 3. The van der Waals surface area contributed by atoms with Gasteiger partial charge in [-0.3, -0.25) is 4.98 Å². The summed E-state index contributed by atoms with van der Waals surface area (Å²) in [5.41, 5.74) is 6.84. The third kappa shape index (κ3) is 4.10. The van der Waals surface area contributed by atoms with E-state index >= 15 is 0 Å². The molecule has 1 heterocycles. The molecule has 0 saturated heterocycles. The summed E-state index contributed by atoms with van der Waals surface area (Å²) in [7, 11) is 0. The van der Waals surface area contributed by atoms with Crippen molar-refractivity contribution in [2.24, 2.45) is 5.73 Å². The monoisotopic (exact) mass is 270 g/mol. The first kappa shape index (κ1) is 12.3. The molecule has 15 heavy (non-hydrogen) atoms. The number of ketones is 1. The van der Waals surface area contributed by atoms with Crippen LogP contribution in [0.4, 0.5) is 0 Å². The molecular weight excluding hydrogens is 256 g/mol. The highest BCUT2D eigenvalue weighted by Crippen LogP contribution is 2.22. The van der Waals surface area contributed by atoms with Crippen LogP contribution in [0.5, 0.6) is 0 Å². The van der Waals surface area contributed by atoms with Gasteiger partial charge in [0.05, 0.1) is 5.69 Å². The van der Waals surface area contributed by atoms with E-state index in [1.807, 2.05) is 12.1 Å². The Bertz CT molecular complexity index is 341. The molecule has 0 aliphatic heterocycles. The van der Waals surface area contributed by atoms with Crippen molar-refractivity contribution in [3.8, 4) is 0 Å². The number of carbonyl (C=O) groups is 1. The normalized spacial score (nSPS) is 12.5. The van der Waals surface area contributed by atoms with Gasteiger partial charge in [-0.2, -0.15) is 0 Å². The predicted octanol–water partition coefficient (Wildman–Crippen LogP) is 2.60. The van der Waals surface area contributed by atoms with Gasteiger partial charge in [-0.05, 0) is 47.8 Å². The van der Waals surface area contributed by atoms with E-state index in [4.69, 9.17) is 5.73 Å². The van der Waals surface area contributed by atoms with Gasteiger partial charge in [-0.15, -0.1) is 0 Å². The lowest BCUT2D eigenvalue weighted by molar-refractivity contribution is -0.117. The molecule has 0 fully saturated rings. The standard InChI is InChI=1S/C11H15BrN2O/c1-8(15)4-2-6-10(13)11-9(12)5-3-7-14-11/h3,5,7,10H,2,4,6,13H2,1H3. The zero-order valence-corrected chi connectivity index (χ0v) is 10.3. The summed E-state index contributed by atoms with van der Waals surface area (Å²) in [5, 5.41) is 0. The van der Waals surface area contributed by atoms with Crippen molar-refractivity contribution in [1.29, 1.82) is 0 Å². The van der Waals surface area contributed by atoms with Crippen LogP contribution < -0.4 is 5.73 Å². The first-order valence-corrected chi connectivity index (χ1v) is 5.76. The maximum Gasteiger partial charge on any atom is 0.129 e. The molecule has 0 aliphatic rings. The molecule has 0 bridgehead atoms. The van der Waals surface area contributed by atoms with Gasteiger partial charge in [0.15, 0.2) is 0 Å². The maximum atomic E-state index is 10.8. The minimum absolute atomic E-state index is 0.0973. The number of hydrogen-bond donors (Lipinski definition) is 1. The molecule has 0 spiro atoms. The molecule has 0 aliphatic carbocycles. The quantitative estimate of drug-likeness (QED) is 0.895. The Labute approximate surface area is 98.2 Å². The van der Waals surface area contributed by atoms with Gasteiger partial charge < -0.3 is 10.5 Å². The van der Waals surface area contributed by atoms with Gasteiger partial charge >= 0.3 is 0 Å². The zero-order valence-electron chi connectivity index (χ0n) is 8.74. The lowest BCUT2D eigenvalue weighted by Crippen LogP contribution is -2.13. The van der Waals surface area contributed by atoms with Crippen LogP contribution in [0, 0.1) is 0 Å². The third-order valence-electron chi connectivity index (χ3n) is 2.18. The molecule has 0 amide bonds. The number of nitrogens with two attached hydrogens (primary N) is 1. The Morgan fingerprint density at radius 2 is 2.40 bits per heavy atom. The number of carbonyl (C=O) groups excluding carboxylic acids is 1. The molecule has 0 saturated carbocycles. The van der Waals surface area contributed by atoms with E-state index in [1.54, 1.807) is 13.1 Å². The summed E-state index contributed by atoms with van der Waals surface area (Å²) in [4.78, 5) is 15.0. The zero-order chi connectivity index (χ0) is 11.3. The van der Waals surface area contributed by atoms with Crippen molar-refractivity contribution in [1.82, 2.24) is 4.98 Å². The first-order chi connectivity index (χ1) is 7.11. The molecule has 0 aromatic carbocycles. The summed E-state index contributed by atoms with van der Waals surface area (Å²) in [6.45, 7) is 1.60. The minimum atomic E-state index is -0.0973. The summed E-state index contributed by atoms with van der Waals surface area (Å²) < 4.78 is 0.931. The van der Waals surface area contributed by atoms with Crippen LogP contribution in [0.25, 0.3) is 0 Å². The van der Waals surface area contributed by atoms with E-state index in [9.17, 15) is 4.79 Å². The van der Waals surface area contributed by atoms with Gasteiger partial charge in [0.2, 0.25) is 0 Å². The van der Waals surface area contributed by atoms with E-state index in [0.717, 1.165) is 23.0 Å². The molecule has 1 unspecified atom stereocenters. The minimum Gasteiger partial charge on any atom is -0.323 e. The van der Waals surface area contributed by atoms with E-state index in [1.165, 1.54) is 0 Å². The number of aromatic nitrogens is 1. The Balaban J connectivity index is 2.50. The van der Waals surface area contributed by atoms with Crippen LogP contribution >= 0.6 is 15.9 Å². The maximum absolute atomic E-state index is 10.8. The number of nitrogens with zero attached hydrogens (tertiary/aromatic N) is 1. The summed E-state index contributed by atoms with van der Waals surface area (Å²) in [6, 6.07) is 3.68. The van der Waals surface area contributed by atoms with Crippen LogP contribution in [-0.4, -0.2) is 10.8 Å². The van der Waals surface area contributed by atoms with Gasteiger partial charge in [0, 0.05) is 23.1 Å². The van der Waals surface area contributed by atoms with E-state index < -0.39 is 0 Å². The predicted molar refractivity (Wildman–Crippen MR) is 63.4 cm³/mol. The van der Waals surface area contributed by atoms with Crippen molar-refractivity contribution in [2.45, 2.75) is 32.2 Å². The summed E-state index contributed by atoms with van der Waals surface area (Å²) in [6.07, 6.45) is 3.93. The van der Waals surface area contributed by atoms with Crippen LogP contribution in [-0.2, 0) is 4.79 Å². The fourth-order valence-electron chi connectivity index (χ4n) is 1.38. The Morgan fingerprint density at radius 1 is 1.67 bits per heavy atom. The third-order valence-corrected chi connectivity index (χ3v) is 2.85. The largest absolute Gasteiger partial charge is 0.323 e. The lowest BCUT2D eigenvalue weighted by Gasteiger charge is -2.11. The van der Waals surface area contributed by atoms with E-state index in [-0.39, 0.29) is 11.8 Å². The second-order valence-electron chi connectivity index (χ2n) is 3.57. The van der Waals surface area contributed by atoms with Crippen LogP contribution in [0.1, 0.15) is 37.9 Å². The van der Waals surface area contributed by atoms with Crippen LogP contribution in [0.3, 0.4) is 0 Å². The lowest BCUT2D eigenvalue weighted by atomic mass is 10.1. The number of Topliss-reactive ketones (excluding diaryl/α,β-unsaturated/α-hetero) is 1. The van der Waals surface area contributed by atoms with Gasteiger partial charge in [-0.25, -0.2) is 0 Å². The van der Waals surface area contributed by atoms with Crippen molar-refractivity contribution in [3.63, 3.8) is 0 Å². The Morgan fingerprint density at radius 3 is 3.00 bits per heavy atom. The Kier molecular flexibility index (Phi) is 4.91. The van der Waals surface area contributed by atoms with Crippen molar-refractivity contribution in [2.75, 3.05) is 0 Å². The SMILES string of the molecule is CC(=O)CCCC(N)c1ncccc1Br. The second-order valence-corrected chi connectivity index (χ2v) is 4.43. The number of rotatable bonds is 5. The van der Waals surface area contributed by atoms with Crippen molar-refractivity contribution < 1.29 is 4.79 Å². The molecule has 82 valence electrons. The Hall–Kier alpha value is -0.740. The average Bonchev–Trinajstić information content (AvgIpc) is 2.17. The first-order valence-electron chi connectivity index (χ1n) is 4.96. The molecule has 3 nitrogen and oxygen atoms in total. The molecule has 1 aromatic heterocycles. The topological polar surface area (TPSA) is 56.0 Å². The second kappa shape index (κ2) is 5.98. The fourth-order valence-corrected chi connectivity index (χ4v) is 1.93. The molecule has 4 heteroatoms. The number of halogens is 1. The fraction of sp³-hybridized carbons (Fsp3) is 0.455. The highest BCUT2D eigenvalue weighted by atomic mass is 79.9. The summed E-state index contributed by atoms with van der Waals surface area (Å²) in [5.74, 6) is 0.210.